The number of methoxy groups -OCH3 is 1. The molecule has 3 aromatic carbocycles. The van der Waals surface area contributed by atoms with Crippen LogP contribution in [0.15, 0.2) is 71.5 Å². The van der Waals surface area contributed by atoms with Gasteiger partial charge in [0, 0.05) is 9.64 Å². The Kier molecular flexibility index (Phi) is 5.35. The summed E-state index contributed by atoms with van der Waals surface area (Å²) in [5, 5.41) is 10.0. The molecular formula is C23H17IN2O3. The predicted octanol–water partition coefficient (Wildman–Crippen LogP) is 4.87. The number of benzene rings is 3. The SMILES string of the molecule is COc1cccc(-n2c(C=Cc3ccc(O)cc3)nc3ccc(I)cc3c2=O)c1. The normalized spacial score (nSPS) is 11.2. The summed E-state index contributed by atoms with van der Waals surface area (Å²) < 4.78 is 7.88. The third-order valence-corrected chi connectivity index (χ3v) is 5.16. The van der Waals surface area contributed by atoms with Crippen molar-refractivity contribution in [2.24, 2.45) is 0 Å². The van der Waals surface area contributed by atoms with E-state index in [-0.39, 0.29) is 11.3 Å². The van der Waals surface area contributed by atoms with Crippen LogP contribution in [0.2, 0.25) is 0 Å². The monoisotopic (exact) mass is 496 g/mol. The minimum absolute atomic E-state index is 0.146. The van der Waals surface area contributed by atoms with Gasteiger partial charge in [0.1, 0.15) is 17.3 Å². The Morgan fingerprint density at radius 3 is 2.59 bits per heavy atom. The Morgan fingerprint density at radius 1 is 1.03 bits per heavy atom. The smallest absolute Gasteiger partial charge is 0.266 e. The largest absolute Gasteiger partial charge is 0.508 e. The maximum absolute atomic E-state index is 13.4. The van der Waals surface area contributed by atoms with Gasteiger partial charge in [0.25, 0.3) is 5.56 Å². The van der Waals surface area contributed by atoms with Crippen LogP contribution in [-0.4, -0.2) is 21.8 Å². The van der Waals surface area contributed by atoms with Gasteiger partial charge in [-0.05, 0) is 76.7 Å². The summed E-state index contributed by atoms with van der Waals surface area (Å²) in [6.45, 7) is 0. The van der Waals surface area contributed by atoms with Gasteiger partial charge in [-0.3, -0.25) is 9.36 Å². The van der Waals surface area contributed by atoms with Crippen LogP contribution in [0, 0.1) is 3.57 Å². The van der Waals surface area contributed by atoms with E-state index in [1.807, 2.05) is 42.5 Å². The van der Waals surface area contributed by atoms with Crippen molar-refractivity contribution < 1.29 is 9.84 Å². The van der Waals surface area contributed by atoms with E-state index >= 15 is 0 Å². The molecule has 144 valence electrons. The number of halogens is 1. The molecule has 4 aromatic rings. The maximum atomic E-state index is 13.4. The van der Waals surface area contributed by atoms with Crippen LogP contribution in [0.5, 0.6) is 11.5 Å². The van der Waals surface area contributed by atoms with Crippen molar-refractivity contribution >= 4 is 45.6 Å². The van der Waals surface area contributed by atoms with Crippen molar-refractivity contribution in [3.63, 3.8) is 0 Å². The average molecular weight is 496 g/mol. The fraction of sp³-hybridized carbons (Fsp3) is 0.0435. The Morgan fingerprint density at radius 2 is 1.83 bits per heavy atom. The molecule has 0 aliphatic heterocycles. The van der Waals surface area contributed by atoms with Crippen molar-refractivity contribution in [1.29, 1.82) is 0 Å². The highest BCUT2D eigenvalue weighted by Crippen LogP contribution is 2.20. The van der Waals surface area contributed by atoms with Crippen molar-refractivity contribution in [2.75, 3.05) is 7.11 Å². The van der Waals surface area contributed by atoms with Gasteiger partial charge in [-0.15, -0.1) is 0 Å². The molecule has 29 heavy (non-hydrogen) atoms. The lowest BCUT2D eigenvalue weighted by Crippen LogP contribution is -2.22. The molecule has 0 aliphatic carbocycles. The molecule has 0 saturated carbocycles. The molecule has 0 spiro atoms. The van der Waals surface area contributed by atoms with E-state index in [1.54, 1.807) is 48.1 Å². The van der Waals surface area contributed by atoms with E-state index in [0.29, 0.717) is 28.2 Å². The van der Waals surface area contributed by atoms with E-state index in [2.05, 4.69) is 22.6 Å². The summed E-state index contributed by atoms with van der Waals surface area (Å²) >= 11 is 2.19. The van der Waals surface area contributed by atoms with Crippen LogP contribution >= 0.6 is 22.6 Å². The second-order valence-electron chi connectivity index (χ2n) is 6.40. The number of hydrogen-bond donors (Lipinski definition) is 1. The Balaban J connectivity index is 1.94. The van der Waals surface area contributed by atoms with Gasteiger partial charge in [0.15, 0.2) is 0 Å². The summed E-state index contributed by atoms with van der Waals surface area (Å²) in [6, 6.07) is 19.8. The van der Waals surface area contributed by atoms with Crippen molar-refractivity contribution in [3.8, 4) is 17.2 Å². The molecule has 1 aromatic heterocycles. The molecule has 0 saturated heterocycles. The van der Waals surface area contributed by atoms with Gasteiger partial charge in [-0.1, -0.05) is 24.3 Å². The van der Waals surface area contributed by atoms with Gasteiger partial charge in [-0.25, -0.2) is 4.98 Å². The third-order valence-electron chi connectivity index (χ3n) is 4.49. The molecule has 0 atom stereocenters. The summed E-state index contributed by atoms with van der Waals surface area (Å²) in [5.41, 5.74) is 2.05. The van der Waals surface area contributed by atoms with Gasteiger partial charge in [-0.2, -0.15) is 0 Å². The molecule has 1 heterocycles. The number of aromatic hydroxyl groups is 1. The Hall–Kier alpha value is -3.13. The molecule has 0 unspecified atom stereocenters. The molecule has 0 amide bonds. The van der Waals surface area contributed by atoms with Gasteiger partial charge in [0.05, 0.1) is 23.7 Å². The number of aromatic nitrogens is 2. The van der Waals surface area contributed by atoms with E-state index < -0.39 is 0 Å². The Labute approximate surface area is 181 Å². The first-order chi connectivity index (χ1) is 14.0. The standard InChI is InChI=1S/C23H17IN2O3/c1-29-19-4-2-3-17(14-19)26-22(12-7-15-5-9-18(27)10-6-15)25-21-11-8-16(24)13-20(21)23(26)28/h2-14,27H,1H3. The number of rotatable bonds is 4. The molecule has 0 bridgehead atoms. The topological polar surface area (TPSA) is 64.3 Å². The van der Waals surface area contributed by atoms with Gasteiger partial charge < -0.3 is 9.84 Å². The number of nitrogens with zero attached hydrogens (tertiary/aromatic N) is 2. The predicted molar refractivity (Wildman–Crippen MR) is 124 cm³/mol. The fourth-order valence-corrected chi connectivity index (χ4v) is 3.53. The molecule has 0 aliphatic rings. The maximum Gasteiger partial charge on any atom is 0.266 e. The first kappa shape index (κ1) is 19.2. The third kappa shape index (κ3) is 4.02. The zero-order chi connectivity index (χ0) is 20.4. The van der Waals surface area contributed by atoms with Crippen molar-refractivity contribution in [3.05, 3.63) is 92.0 Å². The summed E-state index contributed by atoms with van der Waals surface area (Å²) in [4.78, 5) is 18.1. The molecule has 4 rings (SSSR count). The number of ether oxygens (including phenoxy) is 1. The van der Waals surface area contributed by atoms with E-state index in [1.165, 1.54) is 0 Å². The van der Waals surface area contributed by atoms with E-state index in [9.17, 15) is 9.90 Å². The molecule has 0 radical (unpaired) electrons. The number of hydrogen-bond acceptors (Lipinski definition) is 4. The number of fused-ring (bicyclic) bond motifs is 1. The highest BCUT2D eigenvalue weighted by Gasteiger charge is 2.12. The van der Waals surface area contributed by atoms with Crippen LogP contribution in [0.25, 0.3) is 28.7 Å². The highest BCUT2D eigenvalue weighted by molar-refractivity contribution is 14.1. The van der Waals surface area contributed by atoms with Crippen LogP contribution in [0.3, 0.4) is 0 Å². The summed E-state index contributed by atoms with van der Waals surface area (Å²) in [6.07, 6.45) is 3.65. The fourth-order valence-electron chi connectivity index (χ4n) is 3.04. The van der Waals surface area contributed by atoms with Crippen LogP contribution in [-0.2, 0) is 0 Å². The lowest BCUT2D eigenvalue weighted by Gasteiger charge is -2.12. The van der Waals surface area contributed by atoms with Crippen LogP contribution < -0.4 is 10.3 Å². The van der Waals surface area contributed by atoms with Crippen LogP contribution in [0.1, 0.15) is 11.4 Å². The number of phenols is 1. The first-order valence-corrected chi connectivity index (χ1v) is 9.97. The molecular weight excluding hydrogens is 479 g/mol. The zero-order valence-electron chi connectivity index (χ0n) is 15.5. The van der Waals surface area contributed by atoms with E-state index in [4.69, 9.17) is 9.72 Å². The first-order valence-electron chi connectivity index (χ1n) is 8.89. The zero-order valence-corrected chi connectivity index (χ0v) is 17.7. The van der Waals surface area contributed by atoms with Crippen molar-refractivity contribution in [1.82, 2.24) is 9.55 Å². The molecule has 5 nitrogen and oxygen atoms in total. The van der Waals surface area contributed by atoms with E-state index in [0.717, 1.165) is 9.13 Å². The van der Waals surface area contributed by atoms with Crippen molar-refractivity contribution in [2.45, 2.75) is 0 Å². The molecule has 1 N–H and O–H groups in total. The number of phenolic OH excluding ortho intramolecular Hbond substituents is 1. The summed E-state index contributed by atoms with van der Waals surface area (Å²) in [7, 11) is 1.59. The lowest BCUT2D eigenvalue weighted by atomic mass is 10.2. The minimum atomic E-state index is -0.146. The summed E-state index contributed by atoms with van der Waals surface area (Å²) in [5.74, 6) is 1.37. The van der Waals surface area contributed by atoms with Crippen LogP contribution in [0.4, 0.5) is 0 Å². The Bertz CT molecular complexity index is 1280. The second kappa shape index (κ2) is 8.08. The quantitative estimate of drug-likeness (QED) is 0.410. The highest BCUT2D eigenvalue weighted by atomic mass is 127. The molecule has 6 heteroatoms. The molecule has 0 fully saturated rings. The average Bonchev–Trinajstić information content (AvgIpc) is 2.74. The second-order valence-corrected chi connectivity index (χ2v) is 7.64. The van der Waals surface area contributed by atoms with Gasteiger partial charge >= 0.3 is 0 Å². The lowest BCUT2D eigenvalue weighted by molar-refractivity contribution is 0.414. The van der Waals surface area contributed by atoms with Gasteiger partial charge in [0.2, 0.25) is 0 Å². The minimum Gasteiger partial charge on any atom is -0.508 e.